The van der Waals surface area contributed by atoms with E-state index in [0.717, 1.165) is 25.7 Å². The van der Waals surface area contributed by atoms with E-state index in [2.05, 4.69) is 0 Å². The van der Waals surface area contributed by atoms with Gasteiger partial charge in [-0.2, -0.15) is 0 Å². The highest BCUT2D eigenvalue weighted by molar-refractivity contribution is 5.72. The number of aliphatic hydroxyl groups is 1. The molecule has 26 heavy (non-hydrogen) atoms. The zero-order valence-electron chi connectivity index (χ0n) is 15.5. The molecule has 144 valence electrons. The van der Waals surface area contributed by atoms with Gasteiger partial charge in [-0.1, -0.05) is 25.5 Å². The Labute approximate surface area is 154 Å². The molecule has 2 fully saturated rings. The van der Waals surface area contributed by atoms with Gasteiger partial charge in [0, 0.05) is 7.11 Å². The third kappa shape index (κ3) is 3.09. The Bertz CT molecular complexity index is 642. The number of carbonyl (C=O) groups excluding carboxylic acids is 1. The topological polar surface area (TPSA) is 59.0 Å². The number of amides is 1. The highest BCUT2D eigenvalue weighted by atomic mass is 19.1. The number of ether oxygens (including phenoxy) is 2. The molecule has 0 aromatic heterocycles. The fourth-order valence-electron chi connectivity index (χ4n) is 4.67. The van der Waals surface area contributed by atoms with Crippen LogP contribution in [0.3, 0.4) is 0 Å². The lowest BCUT2D eigenvalue weighted by Crippen LogP contribution is -2.55. The second kappa shape index (κ2) is 7.53. The summed E-state index contributed by atoms with van der Waals surface area (Å²) in [6, 6.07) is 5.98. The van der Waals surface area contributed by atoms with Gasteiger partial charge in [0.25, 0.3) is 0 Å². The predicted molar refractivity (Wildman–Crippen MR) is 95.3 cm³/mol. The second-order valence-corrected chi connectivity index (χ2v) is 7.52. The largest absolute Gasteiger partial charge is 0.449 e. The van der Waals surface area contributed by atoms with Crippen LogP contribution in [-0.4, -0.2) is 47.5 Å². The second-order valence-electron chi connectivity index (χ2n) is 7.52. The summed E-state index contributed by atoms with van der Waals surface area (Å²) in [5, 5.41) is 11.1. The Morgan fingerprint density at radius 3 is 2.69 bits per heavy atom. The summed E-state index contributed by atoms with van der Waals surface area (Å²) in [5.74, 6) is -0.394. The van der Waals surface area contributed by atoms with Crippen LogP contribution < -0.4 is 0 Å². The molecule has 0 saturated carbocycles. The number of carbonyl (C=O) groups is 1. The number of aliphatic hydroxyl groups excluding tert-OH is 1. The molecule has 2 aliphatic rings. The van der Waals surface area contributed by atoms with Crippen molar-refractivity contribution < 1.29 is 23.8 Å². The Morgan fingerprint density at radius 2 is 2.08 bits per heavy atom. The fourth-order valence-corrected chi connectivity index (χ4v) is 4.67. The number of rotatable bonds is 7. The van der Waals surface area contributed by atoms with Crippen LogP contribution in [0, 0.1) is 5.82 Å². The van der Waals surface area contributed by atoms with E-state index < -0.39 is 29.1 Å². The molecule has 3 rings (SSSR count). The first-order valence-electron chi connectivity index (χ1n) is 9.39. The van der Waals surface area contributed by atoms with Crippen LogP contribution in [0.4, 0.5) is 9.18 Å². The molecular formula is C20H28FNO4. The van der Waals surface area contributed by atoms with Crippen molar-refractivity contribution in [2.24, 2.45) is 0 Å². The lowest BCUT2D eigenvalue weighted by Gasteiger charge is -2.41. The van der Waals surface area contributed by atoms with E-state index >= 15 is 0 Å². The summed E-state index contributed by atoms with van der Waals surface area (Å²) < 4.78 is 24.6. The molecule has 1 atom stereocenters. The first kappa shape index (κ1) is 19.1. The standard InChI is InChI=1S/C20H28FNO4/c1-3-4-12-26-18(24)22-19(14-25-2)8-10-20(22,11-9-19)17(23)15-6-5-7-16(21)13-15/h5-7,13,17,23H,3-4,8-12,14H2,1-2H3/t17-,19?,20?/m0/s1. The van der Waals surface area contributed by atoms with E-state index in [0.29, 0.717) is 31.6 Å². The van der Waals surface area contributed by atoms with Gasteiger partial charge in [-0.05, 0) is 49.8 Å². The van der Waals surface area contributed by atoms with Gasteiger partial charge in [-0.15, -0.1) is 0 Å². The van der Waals surface area contributed by atoms with Crippen LogP contribution in [0.5, 0.6) is 0 Å². The Balaban J connectivity index is 1.92. The molecule has 0 radical (unpaired) electrons. The van der Waals surface area contributed by atoms with E-state index in [-0.39, 0.29) is 0 Å². The summed E-state index contributed by atoms with van der Waals surface area (Å²) in [4.78, 5) is 14.6. The maximum absolute atomic E-state index is 13.7. The van der Waals surface area contributed by atoms with E-state index in [1.165, 1.54) is 12.1 Å². The van der Waals surface area contributed by atoms with Gasteiger partial charge in [0.2, 0.25) is 0 Å². The molecular weight excluding hydrogens is 337 g/mol. The Hall–Kier alpha value is -1.66. The van der Waals surface area contributed by atoms with Crippen LogP contribution in [0.15, 0.2) is 24.3 Å². The SMILES string of the molecule is CCCCOC(=O)N1C2(COC)CCC1([C@@H](O)c1cccc(F)c1)CC2. The van der Waals surface area contributed by atoms with Gasteiger partial charge in [-0.25, -0.2) is 9.18 Å². The molecule has 2 saturated heterocycles. The number of halogens is 1. The summed E-state index contributed by atoms with van der Waals surface area (Å²) in [5.41, 5.74) is -0.728. The summed E-state index contributed by atoms with van der Waals surface area (Å²) in [7, 11) is 1.62. The third-order valence-corrected chi connectivity index (χ3v) is 5.96. The zero-order valence-corrected chi connectivity index (χ0v) is 15.5. The molecule has 0 unspecified atom stereocenters. The van der Waals surface area contributed by atoms with Crippen LogP contribution >= 0.6 is 0 Å². The van der Waals surface area contributed by atoms with E-state index in [9.17, 15) is 14.3 Å². The van der Waals surface area contributed by atoms with Crippen molar-refractivity contribution >= 4 is 6.09 Å². The number of fused-ring (bicyclic) bond motifs is 2. The number of nitrogens with zero attached hydrogens (tertiary/aromatic N) is 1. The molecule has 1 aromatic rings. The molecule has 2 aliphatic heterocycles. The van der Waals surface area contributed by atoms with Crippen molar-refractivity contribution in [2.45, 2.75) is 62.6 Å². The lowest BCUT2D eigenvalue weighted by molar-refractivity contribution is -0.0274. The van der Waals surface area contributed by atoms with Gasteiger partial charge in [0.15, 0.2) is 0 Å². The van der Waals surface area contributed by atoms with Crippen LogP contribution in [0.25, 0.3) is 0 Å². The molecule has 0 spiro atoms. The minimum absolute atomic E-state index is 0.362. The van der Waals surface area contributed by atoms with E-state index in [1.807, 2.05) is 6.92 Å². The number of methoxy groups -OCH3 is 1. The molecule has 1 amide bonds. The zero-order chi connectivity index (χ0) is 18.8. The Kier molecular flexibility index (Phi) is 5.53. The van der Waals surface area contributed by atoms with Gasteiger partial charge in [-0.3, -0.25) is 4.90 Å². The summed E-state index contributed by atoms with van der Waals surface area (Å²) >= 11 is 0. The van der Waals surface area contributed by atoms with Crippen LogP contribution in [0.1, 0.15) is 57.1 Å². The van der Waals surface area contributed by atoms with Gasteiger partial charge in [0.05, 0.1) is 24.3 Å². The smallest absolute Gasteiger partial charge is 0.410 e. The summed E-state index contributed by atoms with van der Waals surface area (Å²) in [6.07, 6.45) is 3.17. The average molecular weight is 365 g/mol. The maximum Gasteiger partial charge on any atom is 0.410 e. The number of benzene rings is 1. The minimum atomic E-state index is -0.960. The minimum Gasteiger partial charge on any atom is -0.449 e. The monoisotopic (exact) mass is 365 g/mol. The van der Waals surface area contributed by atoms with Gasteiger partial charge < -0.3 is 14.6 Å². The lowest BCUT2D eigenvalue weighted by atomic mass is 9.77. The van der Waals surface area contributed by atoms with E-state index in [4.69, 9.17) is 9.47 Å². The van der Waals surface area contributed by atoms with Crippen molar-refractivity contribution in [3.63, 3.8) is 0 Å². The van der Waals surface area contributed by atoms with Crippen LogP contribution in [-0.2, 0) is 9.47 Å². The molecule has 5 nitrogen and oxygen atoms in total. The molecule has 2 heterocycles. The number of hydrogen-bond donors (Lipinski definition) is 1. The van der Waals surface area contributed by atoms with Crippen molar-refractivity contribution in [3.05, 3.63) is 35.6 Å². The third-order valence-electron chi connectivity index (χ3n) is 5.96. The van der Waals surface area contributed by atoms with Crippen molar-refractivity contribution in [2.75, 3.05) is 20.3 Å². The van der Waals surface area contributed by atoms with E-state index in [1.54, 1.807) is 24.1 Å². The van der Waals surface area contributed by atoms with Crippen molar-refractivity contribution in [1.29, 1.82) is 0 Å². The Morgan fingerprint density at radius 1 is 1.35 bits per heavy atom. The molecule has 2 bridgehead atoms. The maximum atomic E-state index is 13.7. The summed E-state index contributed by atoms with van der Waals surface area (Å²) in [6.45, 7) is 2.81. The molecule has 1 N–H and O–H groups in total. The van der Waals surface area contributed by atoms with Gasteiger partial charge >= 0.3 is 6.09 Å². The normalized spacial score (nSPS) is 28.4. The highest BCUT2D eigenvalue weighted by Gasteiger charge is 2.65. The fraction of sp³-hybridized carbons (Fsp3) is 0.650. The van der Waals surface area contributed by atoms with Crippen LogP contribution in [0.2, 0.25) is 0 Å². The van der Waals surface area contributed by atoms with Crippen molar-refractivity contribution in [3.8, 4) is 0 Å². The number of unbranched alkanes of at least 4 members (excludes halogenated alkanes) is 1. The first-order valence-corrected chi connectivity index (χ1v) is 9.39. The predicted octanol–water partition coefficient (Wildman–Crippen LogP) is 3.81. The van der Waals surface area contributed by atoms with Gasteiger partial charge in [0.1, 0.15) is 11.9 Å². The van der Waals surface area contributed by atoms with Crippen molar-refractivity contribution in [1.82, 2.24) is 4.90 Å². The molecule has 6 heteroatoms. The first-order chi connectivity index (χ1) is 12.5. The molecule has 0 aliphatic carbocycles. The highest BCUT2D eigenvalue weighted by Crippen LogP contribution is 2.58. The number of hydrogen-bond acceptors (Lipinski definition) is 4. The average Bonchev–Trinajstić information content (AvgIpc) is 3.13. The molecule has 1 aromatic carbocycles. The quantitative estimate of drug-likeness (QED) is 0.747.